The first-order valence-corrected chi connectivity index (χ1v) is 5.92. The summed E-state index contributed by atoms with van der Waals surface area (Å²) in [6, 6.07) is 3.98. The van der Waals surface area contributed by atoms with Crippen molar-refractivity contribution in [3.05, 3.63) is 28.3 Å². The van der Waals surface area contributed by atoms with Gasteiger partial charge in [-0.15, -0.1) is 0 Å². The molecule has 2 N–H and O–H groups in total. The van der Waals surface area contributed by atoms with E-state index in [0.29, 0.717) is 5.02 Å². The number of nitrogens with two attached hydrogens (primary N) is 1. The maximum atomic E-state index is 6.06. The Morgan fingerprint density at radius 3 is 2.59 bits per heavy atom. The summed E-state index contributed by atoms with van der Waals surface area (Å²) in [5, 5.41) is 0.687. The Morgan fingerprint density at radius 2 is 2.06 bits per heavy atom. The van der Waals surface area contributed by atoms with Crippen LogP contribution < -0.4 is 5.73 Å². The second-order valence-corrected chi connectivity index (χ2v) is 4.64. The maximum absolute atomic E-state index is 6.06. The Bertz CT molecular complexity index is 462. The van der Waals surface area contributed by atoms with Crippen molar-refractivity contribution >= 4 is 29.3 Å². The molecule has 0 saturated carbocycles. The molecule has 0 atom stereocenters. The number of aryl methyl sites for hydroxylation is 1. The van der Waals surface area contributed by atoms with E-state index in [2.05, 4.69) is 9.98 Å². The Labute approximate surface area is 107 Å². The van der Waals surface area contributed by atoms with Gasteiger partial charge in [0.25, 0.3) is 0 Å². The van der Waals surface area contributed by atoms with E-state index in [9.17, 15) is 0 Å². The molecule has 0 aliphatic carbocycles. The van der Waals surface area contributed by atoms with Gasteiger partial charge in [-0.2, -0.15) is 0 Å². The zero-order valence-electron chi connectivity index (χ0n) is 10.7. The summed E-state index contributed by atoms with van der Waals surface area (Å²) in [4.78, 5) is 8.70. The average molecular weight is 252 g/mol. The van der Waals surface area contributed by atoms with Gasteiger partial charge in [0.1, 0.15) is 0 Å². The third-order valence-corrected chi connectivity index (χ3v) is 2.53. The Hall–Kier alpha value is -1.35. The lowest BCUT2D eigenvalue weighted by Gasteiger charge is -2.10. The molecule has 0 bridgehead atoms. The molecule has 0 heterocycles. The molecule has 0 radical (unpaired) electrons. The van der Waals surface area contributed by atoms with Crippen molar-refractivity contribution in [2.45, 2.75) is 33.7 Å². The minimum Gasteiger partial charge on any atom is -0.390 e. The van der Waals surface area contributed by atoms with E-state index in [1.54, 1.807) is 0 Å². The van der Waals surface area contributed by atoms with Crippen LogP contribution in [0.15, 0.2) is 22.1 Å². The number of benzene rings is 1. The molecular formula is C13H18ClN3. The highest BCUT2D eigenvalue weighted by Crippen LogP contribution is 2.28. The van der Waals surface area contributed by atoms with Crippen molar-refractivity contribution in [2.24, 2.45) is 15.7 Å². The summed E-state index contributed by atoms with van der Waals surface area (Å²) < 4.78 is 0. The summed E-state index contributed by atoms with van der Waals surface area (Å²) >= 11 is 6.06. The maximum Gasteiger partial charge on any atom is 0.0860 e. The van der Waals surface area contributed by atoms with Crippen LogP contribution in [0.25, 0.3) is 0 Å². The lowest BCUT2D eigenvalue weighted by atomic mass is 10.0. The molecule has 0 aliphatic heterocycles. The Balaban J connectivity index is 3.40. The zero-order valence-corrected chi connectivity index (χ0v) is 11.4. The highest BCUT2D eigenvalue weighted by molar-refractivity contribution is 6.31. The predicted octanol–water partition coefficient (Wildman–Crippen LogP) is 3.48. The molecule has 1 aromatic carbocycles. The van der Waals surface area contributed by atoms with Gasteiger partial charge >= 0.3 is 0 Å². The smallest absolute Gasteiger partial charge is 0.0860 e. The zero-order chi connectivity index (χ0) is 13.0. The summed E-state index contributed by atoms with van der Waals surface area (Å²) in [7, 11) is 0. The lowest BCUT2D eigenvalue weighted by Crippen LogP contribution is -2.02. The normalized spacial score (nSPS) is 12.7. The quantitative estimate of drug-likeness (QED) is 0.649. The van der Waals surface area contributed by atoms with Gasteiger partial charge < -0.3 is 5.73 Å². The Kier molecular flexibility index (Phi) is 4.70. The number of hydrogen-bond acceptors (Lipinski definition) is 2. The van der Waals surface area contributed by atoms with Gasteiger partial charge in [-0.1, -0.05) is 11.6 Å². The van der Waals surface area contributed by atoms with Crippen molar-refractivity contribution in [3.8, 4) is 0 Å². The number of hydrogen-bond donors (Lipinski definition) is 1. The van der Waals surface area contributed by atoms with Gasteiger partial charge in [0.05, 0.1) is 12.0 Å². The van der Waals surface area contributed by atoms with Gasteiger partial charge in [0.15, 0.2) is 0 Å². The van der Waals surface area contributed by atoms with Crippen LogP contribution in [0, 0.1) is 6.92 Å². The fourth-order valence-corrected chi connectivity index (χ4v) is 1.99. The third kappa shape index (κ3) is 3.56. The predicted molar refractivity (Wildman–Crippen MR) is 75.9 cm³/mol. The summed E-state index contributed by atoms with van der Waals surface area (Å²) in [5.74, 6) is 0. The van der Waals surface area contributed by atoms with Crippen LogP contribution in [0.5, 0.6) is 0 Å². The van der Waals surface area contributed by atoms with Gasteiger partial charge in [0, 0.05) is 22.3 Å². The van der Waals surface area contributed by atoms with E-state index in [4.69, 9.17) is 17.3 Å². The van der Waals surface area contributed by atoms with E-state index in [1.165, 1.54) is 6.34 Å². The largest absolute Gasteiger partial charge is 0.390 e. The van der Waals surface area contributed by atoms with E-state index in [1.807, 2.05) is 39.8 Å². The summed E-state index contributed by atoms with van der Waals surface area (Å²) in [5.41, 5.74) is 9.06. The van der Waals surface area contributed by atoms with E-state index in [-0.39, 0.29) is 6.04 Å². The lowest BCUT2D eigenvalue weighted by molar-refractivity contribution is 0.835. The topological polar surface area (TPSA) is 50.7 Å². The van der Waals surface area contributed by atoms with Crippen LogP contribution >= 0.6 is 11.6 Å². The van der Waals surface area contributed by atoms with Gasteiger partial charge in [-0.05, 0) is 45.4 Å². The first kappa shape index (κ1) is 13.7. The molecule has 1 rings (SSSR count). The van der Waals surface area contributed by atoms with Crippen molar-refractivity contribution < 1.29 is 0 Å². The van der Waals surface area contributed by atoms with Gasteiger partial charge in [-0.3, -0.25) is 4.99 Å². The molecule has 0 aromatic heterocycles. The molecule has 0 fully saturated rings. The molecule has 0 amide bonds. The SMILES string of the molecule is CC(=NC(C)C)c1cc(Cl)cc(C)c1N=CN. The molecule has 0 unspecified atom stereocenters. The molecule has 0 saturated heterocycles. The molecule has 4 heteroatoms. The second-order valence-electron chi connectivity index (χ2n) is 4.21. The van der Waals surface area contributed by atoms with Crippen molar-refractivity contribution in [1.82, 2.24) is 0 Å². The standard InChI is InChI=1S/C13H18ClN3/c1-8(2)17-10(4)12-6-11(14)5-9(3)13(12)16-7-15/h5-8H,1-4H3,(H2,15,16). The van der Waals surface area contributed by atoms with Crippen LogP contribution in [0.4, 0.5) is 5.69 Å². The van der Waals surface area contributed by atoms with Crippen molar-refractivity contribution in [2.75, 3.05) is 0 Å². The van der Waals surface area contributed by atoms with Gasteiger partial charge in [-0.25, -0.2) is 4.99 Å². The Morgan fingerprint density at radius 1 is 1.41 bits per heavy atom. The first-order chi connectivity index (χ1) is 7.95. The first-order valence-electron chi connectivity index (χ1n) is 5.55. The number of nitrogens with zero attached hydrogens (tertiary/aromatic N) is 2. The third-order valence-electron chi connectivity index (χ3n) is 2.31. The summed E-state index contributed by atoms with van der Waals surface area (Å²) in [6.45, 7) is 7.99. The summed E-state index contributed by atoms with van der Waals surface area (Å²) in [6.07, 6.45) is 1.29. The number of halogens is 1. The molecule has 0 aliphatic rings. The fourth-order valence-electron chi connectivity index (χ4n) is 1.71. The highest BCUT2D eigenvalue weighted by atomic mass is 35.5. The molecule has 1 aromatic rings. The highest BCUT2D eigenvalue weighted by Gasteiger charge is 2.09. The second kappa shape index (κ2) is 5.82. The fraction of sp³-hybridized carbons (Fsp3) is 0.385. The van der Waals surface area contributed by atoms with Crippen molar-refractivity contribution in [1.29, 1.82) is 0 Å². The van der Waals surface area contributed by atoms with Gasteiger partial charge in [0.2, 0.25) is 0 Å². The van der Waals surface area contributed by atoms with E-state index in [0.717, 1.165) is 22.5 Å². The van der Waals surface area contributed by atoms with Crippen LogP contribution in [-0.4, -0.2) is 18.1 Å². The minimum absolute atomic E-state index is 0.240. The van der Waals surface area contributed by atoms with E-state index < -0.39 is 0 Å². The molecule has 17 heavy (non-hydrogen) atoms. The number of rotatable bonds is 3. The van der Waals surface area contributed by atoms with Crippen LogP contribution in [-0.2, 0) is 0 Å². The average Bonchev–Trinajstić information content (AvgIpc) is 2.20. The van der Waals surface area contributed by atoms with E-state index >= 15 is 0 Å². The van der Waals surface area contributed by atoms with Crippen LogP contribution in [0.3, 0.4) is 0 Å². The van der Waals surface area contributed by atoms with Crippen LogP contribution in [0.2, 0.25) is 5.02 Å². The molecular weight excluding hydrogens is 234 g/mol. The minimum atomic E-state index is 0.240. The van der Waals surface area contributed by atoms with Crippen LogP contribution in [0.1, 0.15) is 31.9 Å². The molecule has 0 spiro atoms. The monoisotopic (exact) mass is 251 g/mol. The number of aliphatic imine (C=N–C) groups is 2. The van der Waals surface area contributed by atoms with Crippen molar-refractivity contribution in [3.63, 3.8) is 0 Å². The molecule has 92 valence electrons. The molecule has 3 nitrogen and oxygen atoms in total.